The smallest absolute Gasteiger partial charge is 0.0859 e. The molecule has 0 aromatic heterocycles. The molecule has 0 amide bonds. The van der Waals surface area contributed by atoms with Gasteiger partial charge in [0.25, 0.3) is 0 Å². The summed E-state index contributed by atoms with van der Waals surface area (Å²) in [4.78, 5) is 0. The largest absolute Gasteiger partial charge is 0.396 e. The van der Waals surface area contributed by atoms with E-state index < -0.39 is 0 Å². The summed E-state index contributed by atoms with van der Waals surface area (Å²) >= 11 is 0. The lowest BCUT2D eigenvalue weighted by molar-refractivity contribution is 0.189. The van der Waals surface area contributed by atoms with Crippen molar-refractivity contribution < 1.29 is 14.6 Å². The number of hydrogen-bond acceptors (Lipinski definition) is 3. The minimum Gasteiger partial charge on any atom is -0.396 e. The predicted molar refractivity (Wildman–Crippen MR) is 50.7 cm³/mol. The van der Waals surface area contributed by atoms with Gasteiger partial charge in [0.05, 0.1) is 12.7 Å². The van der Waals surface area contributed by atoms with Crippen LogP contribution in [0.2, 0.25) is 0 Å². The lowest BCUT2D eigenvalue weighted by Crippen LogP contribution is -2.11. The maximum absolute atomic E-state index is 8.66. The molecule has 1 N–H and O–H groups in total. The molecule has 13 heavy (non-hydrogen) atoms. The van der Waals surface area contributed by atoms with Gasteiger partial charge in [0.2, 0.25) is 0 Å². The van der Waals surface area contributed by atoms with Crippen LogP contribution in [0.25, 0.3) is 0 Å². The molecule has 2 aliphatic heterocycles. The second-order valence-electron chi connectivity index (χ2n) is 3.54. The van der Waals surface area contributed by atoms with Crippen LogP contribution < -0.4 is 0 Å². The van der Waals surface area contributed by atoms with Crippen molar-refractivity contribution in [2.75, 3.05) is 26.4 Å². The van der Waals surface area contributed by atoms with Gasteiger partial charge < -0.3 is 14.6 Å². The van der Waals surface area contributed by atoms with E-state index in [1.54, 1.807) is 0 Å². The van der Waals surface area contributed by atoms with Crippen molar-refractivity contribution in [3.05, 3.63) is 0 Å². The molecule has 2 unspecified atom stereocenters. The summed E-state index contributed by atoms with van der Waals surface area (Å²) < 4.78 is 9.94. The molecule has 0 aromatic carbocycles. The third kappa shape index (κ3) is 4.60. The van der Waals surface area contributed by atoms with Gasteiger partial charge in [0.15, 0.2) is 0 Å². The first kappa shape index (κ1) is 11.0. The van der Waals surface area contributed by atoms with E-state index in [1.807, 2.05) is 0 Å². The van der Waals surface area contributed by atoms with Crippen molar-refractivity contribution in [2.24, 2.45) is 5.92 Å². The molecule has 0 saturated carbocycles. The zero-order valence-electron chi connectivity index (χ0n) is 8.37. The van der Waals surface area contributed by atoms with Gasteiger partial charge >= 0.3 is 0 Å². The van der Waals surface area contributed by atoms with Crippen LogP contribution in [0, 0.1) is 5.92 Å². The first-order valence-electron chi connectivity index (χ1n) is 5.18. The third-order valence-corrected chi connectivity index (χ3v) is 2.47. The van der Waals surface area contributed by atoms with E-state index in [2.05, 4.69) is 6.92 Å². The van der Waals surface area contributed by atoms with Crippen molar-refractivity contribution in [3.8, 4) is 0 Å². The van der Waals surface area contributed by atoms with Crippen LogP contribution in [-0.2, 0) is 9.47 Å². The fraction of sp³-hybridized carbons (Fsp3) is 1.00. The van der Waals surface area contributed by atoms with E-state index in [4.69, 9.17) is 14.6 Å². The minimum atomic E-state index is 0.279. The Hall–Kier alpha value is -0.120. The van der Waals surface area contributed by atoms with Gasteiger partial charge in [-0.3, -0.25) is 0 Å². The molecule has 3 nitrogen and oxygen atoms in total. The first-order valence-corrected chi connectivity index (χ1v) is 5.18. The second kappa shape index (κ2) is 6.35. The Kier molecular flexibility index (Phi) is 5.35. The normalized spacial score (nSPS) is 27.7. The van der Waals surface area contributed by atoms with Gasteiger partial charge in [-0.05, 0) is 19.3 Å². The molecule has 0 aliphatic carbocycles. The van der Waals surface area contributed by atoms with E-state index in [0.29, 0.717) is 12.0 Å². The fourth-order valence-corrected chi connectivity index (χ4v) is 1.35. The van der Waals surface area contributed by atoms with Crippen molar-refractivity contribution in [2.45, 2.75) is 32.3 Å². The third-order valence-electron chi connectivity index (χ3n) is 2.47. The molecular formula is C10H20O3. The topological polar surface area (TPSA) is 42.0 Å². The molecule has 2 heterocycles. The van der Waals surface area contributed by atoms with E-state index in [0.717, 1.165) is 26.2 Å². The van der Waals surface area contributed by atoms with Crippen LogP contribution in [0.3, 0.4) is 0 Å². The van der Waals surface area contributed by atoms with Gasteiger partial charge in [-0.15, -0.1) is 0 Å². The monoisotopic (exact) mass is 188 g/mol. The van der Waals surface area contributed by atoms with Crippen LogP contribution in [0.5, 0.6) is 0 Å². The summed E-state index contributed by atoms with van der Waals surface area (Å²) in [7, 11) is 0. The molecule has 78 valence electrons. The standard InChI is InChI=1S/C6H12O2.C4H8O/c1-2-5(3-7)6-4-8-6;1-2-4-5-3-1/h5-7H,2-4H2,1H3;1-4H2. The van der Waals surface area contributed by atoms with E-state index in [-0.39, 0.29) is 6.61 Å². The molecular weight excluding hydrogens is 168 g/mol. The molecule has 0 aromatic rings. The molecule has 2 rings (SSSR count). The maximum atomic E-state index is 8.66. The number of aliphatic hydroxyl groups excluding tert-OH is 1. The van der Waals surface area contributed by atoms with Crippen LogP contribution in [0.1, 0.15) is 26.2 Å². The molecule has 2 saturated heterocycles. The molecule has 0 radical (unpaired) electrons. The molecule has 2 fully saturated rings. The Morgan fingerprint density at radius 1 is 1.38 bits per heavy atom. The Bertz CT molecular complexity index is 108. The summed E-state index contributed by atoms with van der Waals surface area (Å²) in [5, 5.41) is 8.66. The quantitative estimate of drug-likeness (QED) is 0.677. The highest BCUT2D eigenvalue weighted by Gasteiger charge is 2.30. The summed E-state index contributed by atoms with van der Waals surface area (Å²) in [6, 6.07) is 0. The van der Waals surface area contributed by atoms with Crippen LogP contribution in [-0.4, -0.2) is 37.6 Å². The van der Waals surface area contributed by atoms with Gasteiger partial charge in [0, 0.05) is 25.7 Å². The molecule has 0 bridgehead atoms. The minimum absolute atomic E-state index is 0.279. The highest BCUT2D eigenvalue weighted by molar-refractivity contribution is 4.77. The maximum Gasteiger partial charge on any atom is 0.0859 e. The van der Waals surface area contributed by atoms with E-state index in [1.165, 1.54) is 12.8 Å². The average molecular weight is 188 g/mol. The summed E-state index contributed by atoms with van der Waals surface area (Å²) in [5.41, 5.74) is 0. The molecule has 2 atom stereocenters. The molecule has 0 spiro atoms. The van der Waals surface area contributed by atoms with Gasteiger partial charge in [-0.25, -0.2) is 0 Å². The lowest BCUT2D eigenvalue weighted by Gasteiger charge is -2.04. The second-order valence-corrected chi connectivity index (χ2v) is 3.54. The molecule has 3 heteroatoms. The van der Waals surface area contributed by atoms with Crippen LogP contribution in [0.4, 0.5) is 0 Å². The van der Waals surface area contributed by atoms with Crippen LogP contribution >= 0.6 is 0 Å². The van der Waals surface area contributed by atoms with Crippen molar-refractivity contribution in [1.82, 2.24) is 0 Å². The van der Waals surface area contributed by atoms with E-state index in [9.17, 15) is 0 Å². The fourth-order valence-electron chi connectivity index (χ4n) is 1.35. The van der Waals surface area contributed by atoms with Crippen molar-refractivity contribution in [3.63, 3.8) is 0 Å². The number of rotatable bonds is 3. The number of hydrogen-bond donors (Lipinski definition) is 1. The van der Waals surface area contributed by atoms with Gasteiger partial charge in [-0.2, -0.15) is 0 Å². The van der Waals surface area contributed by atoms with Crippen molar-refractivity contribution >= 4 is 0 Å². The highest BCUT2D eigenvalue weighted by atomic mass is 16.6. The molecule has 2 aliphatic rings. The van der Waals surface area contributed by atoms with Crippen LogP contribution in [0.15, 0.2) is 0 Å². The average Bonchev–Trinajstić information content (AvgIpc) is 2.83. The number of epoxide rings is 1. The van der Waals surface area contributed by atoms with E-state index >= 15 is 0 Å². The Morgan fingerprint density at radius 2 is 2.00 bits per heavy atom. The Balaban J connectivity index is 0.000000145. The Labute approximate surface area is 80.0 Å². The van der Waals surface area contributed by atoms with Gasteiger partial charge in [-0.1, -0.05) is 6.92 Å². The van der Waals surface area contributed by atoms with Crippen molar-refractivity contribution in [1.29, 1.82) is 0 Å². The lowest BCUT2D eigenvalue weighted by atomic mass is 10.1. The summed E-state index contributed by atoms with van der Waals surface area (Å²) in [5.74, 6) is 0.398. The summed E-state index contributed by atoms with van der Waals surface area (Å²) in [6.45, 7) is 5.21. The summed E-state index contributed by atoms with van der Waals surface area (Å²) in [6.07, 6.45) is 3.96. The predicted octanol–water partition coefficient (Wildman–Crippen LogP) is 1.20. The Morgan fingerprint density at radius 3 is 2.15 bits per heavy atom. The zero-order valence-corrected chi connectivity index (χ0v) is 8.37. The highest BCUT2D eigenvalue weighted by Crippen LogP contribution is 2.21. The number of aliphatic hydroxyl groups is 1. The zero-order chi connectivity index (χ0) is 9.52. The number of ether oxygens (including phenoxy) is 2. The SMILES string of the molecule is C1CCOC1.CCC(CO)C1CO1. The first-order chi connectivity index (χ1) is 6.38. The van der Waals surface area contributed by atoms with Gasteiger partial charge in [0.1, 0.15) is 0 Å².